The Labute approximate surface area is 148 Å². The molecule has 1 atom stereocenters. The maximum atomic E-state index is 2.40. The van der Waals surface area contributed by atoms with Crippen molar-refractivity contribution in [1.29, 1.82) is 0 Å². The van der Waals surface area contributed by atoms with Gasteiger partial charge in [-0.2, -0.15) is 0 Å². The van der Waals surface area contributed by atoms with E-state index in [9.17, 15) is 0 Å². The Kier molecular flexibility index (Phi) is 2.48. The van der Waals surface area contributed by atoms with Crippen molar-refractivity contribution < 1.29 is 0 Å². The second-order valence-corrected chi connectivity index (χ2v) is 7.22. The van der Waals surface area contributed by atoms with Crippen LogP contribution in [0.1, 0.15) is 35.1 Å². The summed E-state index contributed by atoms with van der Waals surface area (Å²) in [6.45, 7) is 0. The van der Waals surface area contributed by atoms with Gasteiger partial charge in [0.05, 0.1) is 5.41 Å². The molecule has 1 unspecified atom stereocenters. The van der Waals surface area contributed by atoms with Gasteiger partial charge in [-0.1, -0.05) is 84.9 Å². The maximum Gasteiger partial charge on any atom is 0.0722 e. The van der Waals surface area contributed by atoms with E-state index in [1.807, 2.05) is 0 Å². The summed E-state index contributed by atoms with van der Waals surface area (Å²) < 4.78 is 0. The van der Waals surface area contributed by atoms with Crippen LogP contribution < -0.4 is 0 Å². The highest BCUT2D eigenvalue weighted by molar-refractivity contribution is 5.98. The summed E-state index contributed by atoms with van der Waals surface area (Å²) in [4.78, 5) is 0. The van der Waals surface area contributed by atoms with Gasteiger partial charge in [-0.15, -0.1) is 0 Å². The van der Waals surface area contributed by atoms with E-state index in [0.29, 0.717) is 0 Å². The molecule has 0 N–H and O–H groups in total. The summed E-state index contributed by atoms with van der Waals surface area (Å²) in [5.74, 6) is 0. The topological polar surface area (TPSA) is 0 Å². The number of fused-ring (bicyclic) bond motifs is 5. The highest BCUT2D eigenvalue weighted by Gasteiger charge is 2.52. The Morgan fingerprint density at radius 1 is 0.680 bits per heavy atom. The second kappa shape index (κ2) is 4.61. The first-order valence-electron chi connectivity index (χ1n) is 9.12. The van der Waals surface area contributed by atoms with Gasteiger partial charge in [-0.05, 0) is 57.4 Å². The van der Waals surface area contributed by atoms with Crippen LogP contribution in [0.15, 0.2) is 90.5 Å². The van der Waals surface area contributed by atoms with Crippen LogP contribution in [-0.4, -0.2) is 0 Å². The van der Waals surface area contributed by atoms with Crippen LogP contribution in [0, 0.1) is 0 Å². The second-order valence-electron chi connectivity index (χ2n) is 7.22. The SMILES string of the molecule is C1=CC2=C(CC1)c1cccc3c1C2(c1ccccc1)c1ccccc1-3. The van der Waals surface area contributed by atoms with Crippen LogP contribution >= 0.6 is 0 Å². The average molecular weight is 318 g/mol. The minimum atomic E-state index is -0.129. The zero-order chi connectivity index (χ0) is 16.4. The van der Waals surface area contributed by atoms with Crippen molar-refractivity contribution in [3.63, 3.8) is 0 Å². The van der Waals surface area contributed by atoms with Gasteiger partial charge >= 0.3 is 0 Å². The molecule has 0 aromatic heterocycles. The first-order valence-corrected chi connectivity index (χ1v) is 9.12. The fourth-order valence-corrected chi connectivity index (χ4v) is 5.33. The molecule has 0 amide bonds. The number of rotatable bonds is 1. The molecule has 0 aliphatic heterocycles. The van der Waals surface area contributed by atoms with Crippen LogP contribution in [0.2, 0.25) is 0 Å². The maximum absolute atomic E-state index is 2.40. The van der Waals surface area contributed by atoms with Gasteiger partial charge in [0.1, 0.15) is 0 Å². The van der Waals surface area contributed by atoms with Gasteiger partial charge in [-0.25, -0.2) is 0 Å². The Hall–Kier alpha value is -2.86. The quantitative estimate of drug-likeness (QED) is 0.507. The molecular weight excluding hydrogens is 300 g/mol. The summed E-state index contributed by atoms with van der Waals surface area (Å²) in [7, 11) is 0. The monoisotopic (exact) mass is 318 g/mol. The van der Waals surface area contributed by atoms with Gasteiger partial charge in [-0.3, -0.25) is 0 Å². The van der Waals surface area contributed by atoms with Crippen molar-refractivity contribution in [3.05, 3.63) is 113 Å². The van der Waals surface area contributed by atoms with E-state index < -0.39 is 0 Å². The smallest absolute Gasteiger partial charge is 0.0722 e. The van der Waals surface area contributed by atoms with E-state index in [4.69, 9.17) is 0 Å². The molecule has 0 heterocycles. The zero-order valence-corrected chi connectivity index (χ0v) is 14.0. The lowest BCUT2D eigenvalue weighted by molar-refractivity contribution is 0.779. The molecule has 0 fully saturated rings. The Morgan fingerprint density at radius 2 is 1.44 bits per heavy atom. The van der Waals surface area contributed by atoms with Crippen LogP contribution in [0.4, 0.5) is 0 Å². The van der Waals surface area contributed by atoms with Crippen molar-refractivity contribution in [2.24, 2.45) is 0 Å². The van der Waals surface area contributed by atoms with Crippen LogP contribution in [0.25, 0.3) is 16.7 Å². The lowest BCUT2D eigenvalue weighted by Crippen LogP contribution is -2.27. The van der Waals surface area contributed by atoms with Gasteiger partial charge < -0.3 is 0 Å². The molecule has 0 bridgehead atoms. The fraction of sp³-hybridized carbons (Fsp3) is 0.120. The highest BCUT2D eigenvalue weighted by atomic mass is 14.5. The van der Waals surface area contributed by atoms with Gasteiger partial charge in [0, 0.05) is 0 Å². The fourth-order valence-electron chi connectivity index (χ4n) is 5.33. The van der Waals surface area contributed by atoms with E-state index >= 15 is 0 Å². The number of hydrogen-bond acceptors (Lipinski definition) is 0. The predicted octanol–water partition coefficient (Wildman–Crippen LogP) is 6.12. The average Bonchev–Trinajstić information content (AvgIpc) is 3.17. The van der Waals surface area contributed by atoms with Crippen molar-refractivity contribution in [3.8, 4) is 11.1 Å². The third-order valence-corrected chi connectivity index (χ3v) is 6.17. The van der Waals surface area contributed by atoms with Crippen molar-refractivity contribution in [2.75, 3.05) is 0 Å². The molecule has 25 heavy (non-hydrogen) atoms. The highest BCUT2D eigenvalue weighted by Crippen LogP contribution is 2.64. The van der Waals surface area contributed by atoms with Crippen LogP contribution in [0.3, 0.4) is 0 Å². The molecule has 3 aliphatic carbocycles. The number of hydrogen-bond donors (Lipinski definition) is 0. The van der Waals surface area contributed by atoms with Gasteiger partial charge in [0.25, 0.3) is 0 Å². The van der Waals surface area contributed by atoms with Crippen molar-refractivity contribution >= 4 is 5.57 Å². The van der Waals surface area contributed by atoms with Crippen molar-refractivity contribution in [2.45, 2.75) is 18.3 Å². The molecule has 0 nitrogen and oxygen atoms in total. The molecule has 0 spiro atoms. The number of benzene rings is 3. The Balaban J connectivity index is 1.85. The van der Waals surface area contributed by atoms with Crippen molar-refractivity contribution in [1.82, 2.24) is 0 Å². The molecule has 3 aromatic rings. The lowest BCUT2D eigenvalue weighted by Gasteiger charge is -2.32. The Bertz CT molecular complexity index is 1080. The van der Waals surface area contributed by atoms with Crippen LogP contribution in [0.5, 0.6) is 0 Å². The molecule has 0 saturated heterocycles. The van der Waals surface area contributed by atoms with Gasteiger partial charge in [0.2, 0.25) is 0 Å². The summed E-state index contributed by atoms with van der Waals surface area (Å²) in [6, 6.07) is 27.0. The molecule has 3 aliphatic rings. The normalized spacial score (nSPS) is 21.9. The third kappa shape index (κ3) is 1.45. The molecule has 6 rings (SSSR count). The molecule has 3 aromatic carbocycles. The van der Waals surface area contributed by atoms with E-state index in [1.165, 1.54) is 39.0 Å². The largest absolute Gasteiger partial charge is 0.0839 e. The summed E-state index contributed by atoms with van der Waals surface area (Å²) in [5, 5.41) is 0. The summed E-state index contributed by atoms with van der Waals surface area (Å²) in [5.41, 5.74) is 11.6. The van der Waals surface area contributed by atoms with Gasteiger partial charge in [0.15, 0.2) is 0 Å². The molecule has 118 valence electrons. The molecule has 0 heteroatoms. The third-order valence-electron chi connectivity index (χ3n) is 6.17. The van der Waals surface area contributed by atoms with E-state index in [2.05, 4.69) is 84.9 Å². The van der Waals surface area contributed by atoms with Crippen LogP contribution in [-0.2, 0) is 5.41 Å². The van der Waals surface area contributed by atoms with E-state index in [-0.39, 0.29) is 5.41 Å². The molecular formula is C25H18. The standard InChI is InChI=1S/C25H18/c1-2-9-17(10-3-1)25-22-15-6-4-11-18(22)20-13-8-14-21(24(20)25)19-12-5-7-16-23(19)25/h1-4,6-11,13-16H,5,12H2. The first-order chi connectivity index (χ1) is 12.4. The minimum Gasteiger partial charge on any atom is -0.0839 e. The predicted molar refractivity (Wildman–Crippen MR) is 103 cm³/mol. The zero-order valence-electron chi connectivity index (χ0n) is 14.0. The number of allylic oxidation sites excluding steroid dienone is 4. The summed E-state index contributed by atoms with van der Waals surface area (Å²) in [6.07, 6.45) is 7.06. The Morgan fingerprint density at radius 3 is 2.36 bits per heavy atom. The minimum absolute atomic E-state index is 0.129. The summed E-state index contributed by atoms with van der Waals surface area (Å²) >= 11 is 0. The van der Waals surface area contributed by atoms with E-state index in [1.54, 1.807) is 5.57 Å². The molecule has 0 saturated carbocycles. The first kappa shape index (κ1) is 13.4. The molecule has 0 radical (unpaired) electrons. The van der Waals surface area contributed by atoms with E-state index in [0.717, 1.165) is 12.8 Å². The lowest BCUT2D eigenvalue weighted by atomic mass is 9.69.